The average molecular weight is 407 g/mol. The molecule has 0 saturated heterocycles. The van der Waals surface area contributed by atoms with Gasteiger partial charge in [0.1, 0.15) is 12.4 Å². The van der Waals surface area contributed by atoms with E-state index in [1.807, 2.05) is 74.5 Å². The summed E-state index contributed by atoms with van der Waals surface area (Å²) in [7, 11) is 0. The summed E-state index contributed by atoms with van der Waals surface area (Å²) in [5, 5.41) is 4.73. The van der Waals surface area contributed by atoms with Crippen LogP contribution in [-0.2, 0) is 17.8 Å². The van der Waals surface area contributed by atoms with Gasteiger partial charge in [-0.3, -0.25) is 4.79 Å². The Labute approximate surface area is 176 Å². The zero-order chi connectivity index (χ0) is 20.6. The molecular weight excluding hydrogens is 384 g/mol. The molecule has 0 spiro atoms. The largest absolute Gasteiger partial charge is 0.489 e. The van der Waals surface area contributed by atoms with Gasteiger partial charge in [-0.15, -0.1) is 0 Å². The van der Waals surface area contributed by atoms with Crippen LogP contribution in [0.5, 0.6) is 5.75 Å². The van der Waals surface area contributed by atoms with Crippen molar-refractivity contribution in [3.63, 3.8) is 0 Å². The highest BCUT2D eigenvalue weighted by Crippen LogP contribution is 2.16. The fourth-order valence-corrected chi connectivity index (χ4v) is 3.09. The van der Waals surface area contributed by atoms with Crippen LogP contribution < -0.4 is 10.2 Å². The molecule has 3 aromatic rings. The first kappa shape index (κ1) is 20.6. The predicted molar refractivity (Wildman–Crippen MR) is 118 cm³/mol. The minimum atomic E-state index is -0.144. The van der Waals surface area contributed by atoms with Crippen LogP contribution in [0.25, 0.3) is 0 Å². The molecule has 1 amide bonds. The molecule has 0 bridgehead atoms. The molecule has 5 heteroatoms. The van der Waals surface area contributed by atoms with Gasteiger partial charge < -0.3 is 4.74 Å². The lowest BCUT2D eigenvalue weighted by atomic mass is 10.0. The summed E-state index contributed by atoms with van der Waals surface area (Å²) in [6, 6.07) is 21.1. The zero-order valence-electron chi connectivity index (χ0n) is 16.5. The summed E-state index contributed by atoms with van der Waals surface area (Å²) in [5.74, 6) is 0.607. The fourth-order valence-electron chi connectivity index (χ4n) is 2.88. The van der Waals surface area contributed by atoms with Crippen LogP contribution >= 0.6 is 11.6 Å². The van der Waals surface area contributed by atoms with E-state index < -0.39 is 0 Å². The molecule has 0 aliphatic rings. The van der Waals surface area contributed by atoms with Crippen LogP contribution in [0.2, 0.25) is 5.02 Å². The second kappa shape index (κ2) is 9.89. The lowest BCUT2D eigenvalue weighted by Crippen LogP contribution is -2.20. The van der Waals surface area contributed by atoms with Crippen LogP contribution in [0.1, 0.15) is 27.8 Å². The van der Waals surface area contributed by atoms with Crippen LogP contribution in [0, 0.1) is 13.8 Å². The Balaban J connectivity index is 1.48. The van der Waals surface area contributed by atoms with E-state index >= 15 is 0 Å². The normalized spacial score (nSPS) is 10.9. The van der Waals surface area contributed by atoms with E-state index in [1.165, 1.54) is 5.56 Å². The molecule has 0 atom stereocenters. The molecule has 3 aromatic carbocycles. The standard InChI is InChI=1S/C24H23ClN2O2/c1-17-6-9-21(18(2)12-17)14-24(28)27-26-15-19-7-10-23(11-8-19)29-16-20-4-3-5-22(25)13-20/h3-13,15H,14,16H2,1-2H3,(H,27,28)/b26-15+. The highest BCUT2D eigenvalue weighted by molar-refractivity contribution is 6.30. The summed E-state index contributed by atoms with van der Waals surface area (Å²) in [6.45, 7) is 4.49. The number of nitrogens with zero attached hydrogens (tertiary/aromatic N) is 1. The Kier molecular flexibility index (Phi) is 7.04. The molecule has 4 nitrogen and oxygen atoms in total. The third kappa shape index (κ3) is 6.47. The van der Waals surface area contributed by atoms with Crippen molar-refractivity contribution in [3.05, 3.63) is 99.6 Å². The van der Waals surface area contributed by atoms with Crippen molar-refractivity contribution in [1.29, 1.82) is 0 Å². The number of rotatable bonds is 7. The fraction of sp³-hybridized carbons (Fsp3) is 0.167. The summed E-state index contributed by atoms with van der Waals surface area (Å²) in [6.07, 6.45) is 1.92. The quantitative estimate of drug-likeness (QED) is 0.431. The van der Waals surface area contributed by atoms with E-state index in [0.717, 1.165) is 28.0 Å². The summed E-state index contributed by atoms with van der Waals surface area (Å²) < 4.78 is 5.76. The van der Waals surface area contributed by atoms with E-state index in [-0.39, 0.29) is 5.91 Å². The molecule has 0 aliphatic heterocycles. The SMILES string of the molecule is Cc1ccc(CC(=O)N/N=C/c2ccc(OCc3cccc(Cl)c3)cc2)c(C)c1. The summed E-state index contributed by atoms with van der Waals surface area (Å²) in [5.41, 5.74) is 7.75. The Morgan fingerprint density at radius 3 is 2.59 bits per heavy atom. The first-order chi connectivity index (χ1) is 14.0. The molecule has 1 N–H and O–H groups in total. The van der Waals surface area contributed by atoms with Gasteiger partial charge in [-0.05, 0) is 72.5 Å². The van der Waals surface area contributed by atoms with Crippen molar-refractivity contribution in [2.75, 3.05) is 0 Å². The number of aryl methyl sites for hydroxylation is 2. The second-order valence-electron chi connectivity index (χ2n) is 6.89. The highest BCUT2D eigenvalue weighted by Gasteiger charge is 2.05. The maximum Gasteiger partial charge on any atom is 0.244 e. The molecular formula is C24H23ClN2O2. The third-order valence-corrected chi connectivity index (χ3v) is 4.66. The van der Waals surface area contributed by atoms with Gasteiger partial charge in [0.05, 0.1) is 12.6 Å². The lowest BCUT2D eigenvalue weighted by Gasteiger charge is -2.07. The Hall–Kier alpha value is -3.11. The van der Waals surface area contributed by atoms with E-state index in [9.17, 15) is 4.79 Å². The summed E-state index contributed by atoms with van der Waals surface area (Å²) in [4.78, 5) is 12.1. The molecule has 29 heavy (non-hydrogen) atoms. The van der Waals surface area contributed by atoms with E-state index in [0.29, 0.717) is 18.1 Å². The molecule has 0 fully saturated rings. The average Bonchev–Trinajstić information content (AvgIpc) is 2.70. The first-order valence-corrected chi connectivity index (χ1v) is 9.73. The molecule has 0 saturated carbocycles. The van der Waals surface area contributed by atoms with Gasteiger partial charge in [-0.25, -0.2) is 5.43 Å². The molecule has 0 aromatic heterocycles. The number of ether oxygens (including phenoxy) is 1. The van der Waals surface area contributed by atoms with Crippen molar-refractivity contribution in [2.45, 2.75) is 26.9 Å². The maximum absolute atomic E-state index is 12.1. The number of carbonyl (C=O) groups is 1. The van der Waals surface area contributed by atoms with E-state index in [2.05, 4.69) is 16.6 Å². The van der Waals surface area contributed by atoms with E-state index in [1.54, 1.807) is 6.21 Å². The van der Waals surface area contributed by atoms with Crippen LogP contribution in [-0.4, -0.2) is 12.1 Å². The maximum atomic E-state index is 12.1. The van der Waals surface area contributed by atoms with Crippen molar-refractivity contribution >= 4 is 23.7 Å². The van der Waals surface area contributed by atoms with Gasteiger partial charge in [0, 0.05) is 5.02 Å². The smallest absolute Gasteiger partial charge is 0.244 e. The lowest BCUT2D eigenvalue weighted by molar-refractivity contribution is -0.120. The topological polar surface area (TPSA) is 50.7 Å². The van der Waals surface area contributed by atoms with Gasteiger partial charge in [0.2, 0.25) is 5.91 Å². The minimum Gasteiger partial charge on any atom is -0.489 e. The van der Waals surface area contributed by atoms with Gasteiger partial charge in [-0.1, -0.05) is 47.5 Å². The van der Waals surface area contributed by atoms with Gasteiger partial charge in [0.25, 0.3) is 0 Å². The number of hydrazone groups is 1. The minimum absolute atomic E-state index is 0.144. The number of halogens is 1. The predicted octanol–water partition coefficient (Wildman–Crippen LogP) is 5.23. The Morgan fingerprint density at radius 2 is 1.86 bits per heavy atom. The van der Waals surface area contributed by atoms with E-state index in [4.69, 9.17) is 16.3 Å². The van der Waals surface area contributed by atoms with Gasteiger partial charge in [0.15, 0.2) is 0 Å². The molecule has 3 rings (SSSR count). The number of hydrogen-bond donors (Lipinski definition) is 1. The number of carbonyl (C=O) groups excluding carboxylic acids is 1. The number of nitrogens with one attached hydrogen (secondary N) is 1. The van der Waals surface area contributed by atoms with Crippen molar-refractivity contribution in [1.82, 2.24) is 5.43 Å². The van der Waals surface area contributed by atoms with Crippen molar-refractivity contribution in [2.24, 2.45) is 5.10 Å². The Bertz CT molecular complexity index is 1010. The summed E-state index contributed by atoms with van der Waals surface area (Å²) >= 11 is 5.98. The van der Waals surface area contributed by atoms with Crippen LogP contribution in [0.4, 0.5) is 0 Å². The van der Waals surface area contributed by atoms with Crippen LogP contribution in [0.15, 0.2) is 71.8 Å². The molecule has 0 heterocycles. The molecule has 0 aliphatic carbocycles. The Morgan fingerprint density at radius 1 is 1.07 bits per heavy atom. The number of amides is 1. The molecule has 0 unspecified atom stereocenters. The van der Waals surface area contributed by atoms with Gasteiger partial charge in [-0.2, -0.15) is 5.10 Å². The third-order valence-electron chi connectivity index (χ3n) is 4.43. The zero-order valence-corrected chi connectivity index (χ0v) is 17.2. The second-order valence-corrected chi connectivity index (χ2v) is 7.32. The molecule has 0 radical (unpaired) electrons. The number of hydrogen-bond acceptors (Lipinski definition) is 3. The van der Waals surface area contributed by atoms with Crippen LogP contribution in [0.3, 0.4) is 0 Å². The first-order valence-electron chi connectivity index (χ1n) is 9.35. The molecule has 148 valence electrons. The van der Waals surface area contributed by atoms with Crippen molar-refractivity contribution < 1.29 is 9.53 Å². The van der Waals surface area contributed by atoms with Crippen molar-refractivity contribution in [3.8, 4) is 5.75 Å². The monoisotopic (exact) mass is 406 g/mol. The number of benzene rings is 3. The highest BCUT2D eigenvalue weighted by atomic mass is 35.5. The van der Waals surface area contributed by atoms with Gasteiger partial charge >= 0.3 is 0 Å².